The zero-order valence-corrected chi connectivity index (χ0v) is 13.1. The fourth-order valence-corrected chi connectivity index (χ4v) is 4.30. The molecule has 0 aromatic heterocycles. The zero-order valence-electron chi connectivity index (χ0n) is 12.3. The quantitative estimate of drug-likeness (QED) is 0.884. The Labute approximate surface area is 126 Å². The summed E-state index contributed by atoms with van der Waals surface area (Å²) in [7, 11) is 0. The van der Waals surface area contributed by atoms with Gasteiger partial charge < -0.3 is 5.32 Å². The van der Waals surface area contributed by atoms with E-state index in [9.17, 15) is 0 Å². The number of aliphatic imine (C=N–C) groups is 1. The molecule has 1 fully saturated rings. The van der Waals surface area contributed by atoms with Gasteiger partial charge in [-0.3, -0.25) is 4.99 Å². The molecule has 108 valence electrons. The predicted molar refractivity (Wildman–Crippen MR) is 88.3 cm³/mol. The van der Waals surface area contributed by atoms with E-state index in [1.807, 2.05) is 11.8 Å². The Kier molecular flexibility index (Phi) is 4.35. The van der Waals surface area contributed by atoms with E-state index < -0.39 is 0 Å². The molecule has 2 nitrogen and oxygen atoms in total. The van der Waals surface area contributed by atoms with Crippen molar-refractivity contribution in [1.82, 2.24) is 5.32 Å². The highest BCUT2D eigenvalue weighted by Crippen LogP contribution is 2.41. The molecule has 0 amide bonds. The third-order valence-corrected chi connectivity index (χ3v) is 5.86. The van der Waals surface area contributed by atoms with E-state index >= 15 is 0 Å². The van der Waals surface area contributed by atoms with Crippen LogP contribution in [0.4, 0.5) is 0 Å². The number of amidine groups is 1. The van der Waals surface area contributed by atoms with Gasteiger partial charge in [0, 0.05) is 18.8 Å². The number of aryl methyl sites for hydroxylation is 1. The van der Waals surface area contributed by atoms with Gasteiger partial charge in [0.15, 0.2) is 5.17 Å². The molecule has 1 N–H and O–H groups in total. The van der Waals surface area contributed by atoms with E-state index in [2.05, 4.69) is 36.5 Å². The average Bonchev–Trinajstić information content (AvgIpc) is 2.49. The molecule has 1 saturated carbocycles. The molecular formula is C17H24N2S. The van der Waals surface area contributed by atoms with Crippen molar-refractivity contribution in [3.8, 4) is 0 Å². The summed E-state index contributed by atoms with van der Waals surface area (Å²) < 4.78 is 0. The topological polar surface area (TPSA) is 24.4 Å². The number of nitrogens with zero attached hydrogens (tertiary/aromatic N) is 1. The van der Waals surface area contributed by atoms with Crippen molar-refractivity contribution >= 4 is 16.9 Å². The van der Waals surface area contributed by atoms with Gasteiger partial charge in [-0.15, -0.1) is 0 Å². The highest BCUT2D eigenvalue weighted by molar-refractivity contribution is 8.13. The normalized spacial score (nSPS) is 21.6. The summed E-state index contributed by atoms with van der Waals surface area (Å²) in [6.45, 7) is 4.05. The summed E-state index contributed by atoms with van der Waals surface area (Å²) in [6.07, 6.45) is 7.00. The van der Waals surface area contributed by atoms with E-state index in [4.69, 9.17) is 4.99 Å². The fraction of sp³-hybridized carbons (Fsp3) is 0.588. The second-order valence-electron chi connectivity index (χ2n) is 6.31. The largest absolute Gasteiger partial charge is 0.361 e. The highest BCUT2D eigenvalue weighted by Gasteiger charge is 2.34. The second-order valence-corrected chi connectivity index (χ2v) is 7.27. The Morgan fingerprint density at radius 1 is 1.15 bits per heavy atom. The van der Waals surface area contributed by atoms with E-state index in [0.29, 0.717) is 5.41 Å². The van der Waals surface area contributed by atoms with Crippen LogP contribution in [0.5, 0.6) is 0 Å². The summed E-state index contributed by atoms with van der Waals surface area (Å²) in [5.74, 6) is 1.26. The first-order valence-corrected chi connectivity index (χ1v) is 8.71. The third kappa shape index (κ3) is 3.38. The standard InChI is InChI=1S/C17H24N2S/c1-14-5-7-15(8-6-14)11-18-16-19-12-17(13-20-16)9-3-2-4-10-17/h5-8H,2-4,9-13H2,1H3,(H,18,19). The minimum atomic E-state index is 0.526. The first kappa shape index (κ1) is 14.0. The van der Waals surface area contributed by atoms with Gasteiger partial charge in [0.25, 0.3) is 0 Å². The summed E-state index contributed by atoms with van der Waals surface area (Å²) in [4.78, 5) is 4.81. The zero-order chi connectivity index (χ0) is 13.8. The van der Waals surface area contributed by atoms with Crippen molar-refractivity contribution in [2.45, 2.75) is 45.6 Å². The van der Waals surface area contributed by atoms with Crippen LogP contribution in [0.1, 0.15) is 43.2 Å². The smallest absolute Gasteiger partial charge is 0.156 e. The van der Waals surface area contributed by atoms with Crippen LogP contribution >= 0.6 is 11.8 Å². The molecule has 1 aromatic carbocycles. The molecule has 3 rings (SSSR count). The Morgan fingerprint density at radius 2 is 1.90 bits per heavy atom. The molecule has 1 aliphatic heterocycles. The maximum absolute atomic E-state index is 4.81. The number of hydrogen-bond acceptors (Lipinski definition) is 3. The van der Waals surface area contributed by atoms with E-state index in [0.717, 1.165) is 18.3 Å². The molecule has 0 unspecified atom stereocenters. The molecular weight excluding hydrogens is 264 g/mol. The van der Waals surface area contributed by atoms with Crippen LogP contribution in [0.15, 0.2) is 29.3 Å². The van der Waals surface area contributed by atoms with Gasteiger partial charge in [-0.05, 0) is 30.7 Å². The molecule has 1 aromatic rings. The second kappa shape index (κ2) is 6.21. The van der Waals surface area contributed by atoms with Crippen LogP contribution in [-0.2, 0) is 6.54 Å². The third-order valence-electron chi connectivity index (χ3n) is 4.55. The molecule has 1 spiro atoms. The lowest BCUT2D eigenvalue weighted by Crippen LogP contribution is -2.36. The lowest BCUT2D eigenvalue weighted by atomic mass is 9.75. The maximum atomic E-state index is 4.81. The number of benzene rings is 1. The van der Waals surface area contributed by atoms with Crippen LogP contribution in [0.2, 0.25) is 0 Å². The molecule has 2 aliphatic rings. The summed E-state index contributed by atoms with van der Waals surface area (Å²) in [5, 5.41) is 4.63. The summed E-state index contributed by atoms with van der Waals surface area (Å²) in [5.41, 5.74) is 3.17. The van der Waals surface area contributed by atoms with Crippen molar-refractivity contribution < 1.29 is 0 Å². The van der Waals surface area contributed by atoms with Crippen LogP contribution in [-0.4, -0.2) is 17.5 Å². The predicted octanol–water partition coefficient (Wildman–Crippen LogP) is 4.14. The van der Waals surface area contributed by atoms with Crippen LogP contribution in [0.3, 0.4) is 0 Å². The molecule has 0 atom stereocenters. The first-order chi connectivity index (χ1) is 9.76. The van der Waals surface area contributed by atoms with Crippen LogP contribution in [0, 0.1) is 12.3 Å². The fourth-order valence-electron chi connectivity index (χ4n) is 3.15. The van der Waals surface area contributed by atoms with E-state index in [1.54, 1.807) is 0 Å². The van der Waals surface area contributed by atoms with Gasteiger partial charge in [-0.2, -0.15) is 0 Å². The Bertz CT molecular complexity index is 472. The Balaban J connectivity index is 1.53. The molecule has 3 heteroatoms. The van der Waals surface area contributed by atoms with Crippen molar-refractivity contribution in [1.29, 1.82) is 0 Å². The molecule has 0 radical (unpaired) electrons. The molecule has 1 heterocycles. The summed E-state index contributed by atoms with van der Waals surface area (Å²) in [6, 6.07) is 8.73. The Hall–Kier alpha value is -0.960. The van der Waals surface area contributed by atoms with Gasteiger partial charge in [0.1, 0.15) is 0 Å². The van der Waals surface area contributed by atoms with Gasteiger partial charge >= 0.3 is 0 Å². The summed E-state index contributed by atoms with van der Waals surface area (Å²) >= 11 is 1.93. The SMILES string of the molecule is Cc1ccc(CNC2=NCC3(CCCCC3)CS2)cc1. The van der Waals surface area contributed by atoms with Crippen molar-refractivity contribution in [3.63, 3.8) is 0 Å². The van der Waals surface area contributed by atoms with Gasteiger partial charge in [-0.1, -0.05) is 60.9 Å². The molecule has 20 heavy (non-hydrogen) atoms. The monoisotopic (exact) mass is 288 g/mol. The minimum absolute atomic E-state index is 0.526. The minimum Gasteiger partial charge on any atom is -0.361 e. The molecule has 0 bridgehead atoms. The number of hydrogen-bond donors (Lipinski definition) is 1. The highest BCUT2D eigenvalue weighted by atomic mass is 32.2. The lowest BCUT2D eigenvalue weighted by molar-refractivity contribution is 0.232. The van der Waals surface area contributed by atoms with E-state index in [1.165, 1.54) is 49.0 Å². The van der Waals surface area contributed by atoms with Crippen LogP contribution < -0.4 is 5.32 Å². The number of rotatable bonds is 2. The Morgan fingerprint density at radius 3 is 2.55 bits per heavy atom. The van der Waals surface area contributed by atoms with Crippen molar-refractivity contribution in [3.05, 3.63) is 35.4 Å². The number of thioether (sulfide) groups is 1. The van der Waals surface area contributed by atoms with Gasteiger partial charge in [0.05, 0.1) is 0 Å². The maximum Gasteiger partial charge on any atom is 0.156 e. The van der Waals surface area contributed by atoms with Crippen LogP contribution in [0.25, 0.3) is 0 Å². The van der Waals surface area contributed by atoms with Gasteiger partial charge in [0.2, 0.25) is 0 Å². The number of nitrogens with one attached hydrogen (secondary N) is 1. The van der Waals surface area contributed by atoms with Crippen molar-refractivity contribution in [2.75, 3.05) is 12.3 Å². The lowest BCUT2D eigenvalue weighted by Gasteiger charge is -2.38. The van der Waals surface area contributed by atoms with Gasteiger partial charge in [-0.25, -0.2) is 0 Å². The molecule has 0 saturated heterocycles. The molecule has 1 aliphatic carbocycles. The average molecular weight is 288 g/mol. The van der Waals surface area contributed by atoms with Crippen molar-refractivity contribution in [2.24, 2.45) is 10.4 Å². The van der Waals surface area contributed by atoms with E-state index in [-0.39, 0.29) is 0 Å². The first-order valence-electron chi connectivity index (χ1n) is 7.73.